The summed E-state index contributed by atoms with van der Waals surface area (Å²) in [7, 11) is 0. The average molecular weight is 272 g/mol. The van der Waals surface area contributed by atoms with Crippen molar-refractivity contribution < 1.29 is 14.7 Å². The quantitative estimate of drug-likeness (QED) is 0.455. The molecule has 1 amide bonds. The SMILES string of the molecule is CCC(Cl)CCOc1ccccc1CC(=O)NO. The molecule has 0 radical (unpaired) electrons. The molecule has 0 aliphatic heterocycles. The van der Waals surface area contributed by atoms with Crippen LogP contribution in [0.4, 0.5) is 0 Å². The molecule has 1 atom stereocenters. The van der Waals surface area contributed by atoms with Crippen molar-refractivity contribution in [1.82, 2.24) is 5.48 Å². The van der Waals surface area contributed by atoms with Gasteiger partial charge >= 0.3 is 0 Å². The van der Waals surface area contributed by atoms with E-state index in [1.165, 1.54) is 0 Å². The van der Waals surface area contributed by atoms with E-state index in [1.54, 1.807) is 17.6 Å². The van der Waals surface area contributed by atoms with Gasteiger partial charge in [-0.25, -0.2) is 5.48 Å². The van der Waals surface area contributed by atoms with Crippen LogP contribution in [0.3, 0.4) is 0 Å². The summed E-state index contributed by atoms with van der Waals surface area (Å²) in [5, 5.41) is 8.62. The molecule has 5 heteroatoms. The number of halogens is 1. The molecule has 18 heavy (non-hydrogen) atoms. The van der Waals surface area contributed by atoms with Crippen LogP contribution in [-0.2, 0) is 11.2 Å². The van der Waals surface area contributed by atoms with Crippen molar-refractivity contribution in [1.29, 1.82) is 0 Å². The van der Waals surface area contributed by atoms with Gasteiger partial charge in [0.05, 0.1) is 13.0 Å². The molecule has 0 heterocycles. The van der Waals surface area contributed by atoms with Gasteiger partial charge in [0.25, 0.3) is 0 Å². The fourth-order valence-corrected chi connectivity index (χ4v) is 1.59. The van der Waals surface area contributed by atoms with E-state index >= 15 is 0 Å². The maximum absolute atomic E-state index is 11.1. The molecular formula is C13H18ClNO3. The Labute approximate surface area is 112 Å². The molecule has 0 bridgehead atoms. The maximum atomic E-state index is 11.1. The van der Waals surface area contributed by atoms with E-state index in [2.05, 4.69) is 0 Å². The number of hydroxylamine groups is 1. The fraction of sp³-hybridized carbons (Fsp3) is 0.462. The number of amides is 1. The minimum absolute atomic E-state index is 0.0881. The Kier molecular flexibility index (Phi) is 6.54. The Hall–Kier alpha value is -1.26. The monoisotopic (exact) mass is 271 g/mol. The molecule has 1 aromatic carbocycles. The summed E-state index contributed by atoms with van der Waals surface area (Å²) >= 11 is 6.00. The van der Waals surface area contributed by atoms with Crippen LogP contribution in [0.2, 0.25) is 0 Å². The van der Waals surface area contributed by atoms with E-state index in [-0.39, 0.29) is 11.8 Å². The summed E-state index contributed by atoms with van der Waals surface area (Å²) in [5.41, 5.74) is 2.35. The Balaban J connectivity index is 2.56. The van der Waals surface area contributed by atoms with Crippen molar-refractivity contribution in [2.75, 3.05) is 6.61 Å². The van der Waals surface area contributed by atoms with Gasteiger partial charge < -0.3 is 4.74 Å². The van der Waals surface area contributed by atoms with Crippen molar-refractivity contribution in [3.63, 3.8) is 0 Å². The first-order chi connectivity index (χ1) is 8.67. The topological polar surface area (TPSA) is 58.6 Å². The van der Waals surface area contributed by atoms with Crippen LogP contribution in [0, 0.1) is 0 Å². The summed E-state index contributed by atoms with van der Waals surface area (Å²) in [6.45, 7) is 2.54. The summed E-state index contributed by atoms with van der Waals surface area (Å²) in [5.74, 6) is 0.191. The van der Waals surface area contributed by atoms with Gasteiger partial charge in [-0.2, -0.15) is 0 Å². The van der Waals surface area contributed by atoms with Crippen LogP contribution in [0.5, 0.6) is 5.75 Å². The van der Waals surface area contributed by atoms with Gasteiger partial charge in [-0.1, -0.05) is 25.1 Å². The lowest BCUT2D eigenvalue weighted by Crippen LogP contribution is -2.21. The van der Waals surface area contributed by atoms with Gasteiger partial charge in [0.2, 0.25) is 5.91 Å². The second-order valence-corrected chi connectivity index (χ2v) is 4.58. The number of ether oxygens (including phenoxy) is 1. The standard InChI is InChI=1S/C13H18ClNO3/c1-2-11(14)7-8-18-12-6-4-3-5-10(12)9-13(16)15-17/h3-6,11,17H,2,7-9H2,1H3,(H,15,16). The van der Waals surface area contributed by atoms with E-state index < -0.39 is 5.91 Å². The Morgan fingerprint density at radius 3 is 2.89 bits per heavy atom. The van der Waals surface area contributed by atoms with Crippen LogP contribution < -0.4 is 10.2 Å². The second kappa shape index (κ2) is 7.95. The Morgan fingerprint density at radius 1 is 1.50 bits per heavy atom. The molecule has 0 saturated heterocycles. The van der Waals surface area contributed by atoms with Gasteiger partial charge in [-0.05, 0) is 18.9 Å². The van der Waals surface area contributed by atoms with E-state index in [9.17, 15) is 4.79 Å². The molecule has 0 spiro atoms. The molecule has 0 aliphatic rings. The van der Waals surface area contributed by atoms with Crippen molar-refractivity contribution in [2.45, 2.75) is 31.6 Å². The molecule has 100 valence electrons. The third-order valence-corrected chi connectivity index (χ3v) is 3.11. The molecule has 4 nitrogen and oxygen atoms in total. The second-order valence-electron chi connectivity index (χ2n) is 3.96. The van der Waals surface area contributed by atoms with E-state index in [0.717, 1.165) is 18.4 Å². The van der Waals surface area contributed by atoms with E-state index in [1.807, 2.05) is 19.1 Å². The highest BCUT2D eigenvalue weighted by Gasteiger charge is 2.08. The minimum atomic E-state index is -0.463. The number of carbonyl (C=O) groups is 1. The highest BCUT2D eigenvalue weighted by Crippen LogP contribution is 2.19. The number of hydrogen-bond donors (Lipinski definition) is 2. The van der Waals surface area contributed by atoms with Crippen LogP contribution in [0.1, 0.15) is 25.3 Å². The zero-order valence-corrected chi connectivity index (χ0v) is 11.1. The average Bonchev–Trinajstić information content (AvgIpc) is 2.40. The first kappa shape index (κ1) is 14.8. The first-order valence-corrected chi connectivity index (χ1v) is 6.38. The van der Waals surface area contributed by atoms with Gasteiger partial charge in [0, 0.05) is 10.9 Å². The zero-order chi connectivity index (χ0) is 13.4. The molecule has 0 aliphatic carbocycles. The molecular weight excluding hydrogens is 254 g/mol. The van der Waals surface area contributed by atoms with Gasteiger partial charge in [0.1, 0.15) is 5.75 Å². The number of alkyl halides is 1. The summed E-state index contributed by atoms with van der Waals surface area (Å²) in [6.07, 6.45) is 1.75. The van der Waals surface area contributed by atoms with Gasteiger partial charge in [-0.15, -0.1) is 11.6 Å². The third-order valence-electron chi connectivity index (χ3n) is 2.58. The van der Waals surface area contributed by atoms with Gasteiger partial charge in [-0.3, -0.25) is 10.0 Å². The molecule has 1 rings (SSSR count). The van der Waals surface area contributed by atoms with Crippen molar-refractivity contribution in [2.24, 2.45) is 0 Å². The smallest absolute Gasteiger partial charge is 0.247 e. The lowest BCUT2D eigenvalue weighted by Gasteiger charge is -2.12. The normalized spacial score (nSPS) is 11.9. The third kappa shape index (κ3) is 4.94. The molecule has 0 saturated carbocycles. The molecule has 1 unspecified atom stereocenters. The molecule has 2 N–H and O–H groups in total. The first-order valence-electron chi connectivity index (χ1n) is 5.95. The number of hydrogen-bond acceptors (Lipinski definition) is 3. The number of nitrogens with one attached hydrogen (secondary N) is 1. The predicted octanol–water partition coefficient (Wildman–Crippen LogP) is 2.52. The number of carbonyl (C=O) groups excluding carboxylic acids is 1. The predicted molar refractivity (Wildman–Crippen MR) is 70.1 cm³/mol. The fourth-order valence-electron chi connectivity index (χ4n) is 1.50. The molecule has 0 aromatic heterocycles. The minimum Gasteiger partial charge on any atom is -0.493 e. The Bertz CT molecular complexity index is 384. The molecule has 0 fully saturated rings. The van der Waals surface area contributed by atoms with Crippen LogP contribution >= 0.6 is 11.6 Å². The van der Waals surface area contributed by atoms with Crippen molar-refractivity contribution >= 4 is 17.5 Å². The summed E-state index contributed by atoms with van der Waals surface area (Å²) in [4.78, 5) is 11.1. The number of rotatable bonds is 7. The molecule has 1 aromatic rings. The highest BCUT2D eigenvalue weighted by atomic mass is 35.5. The lowest BCUT2D eigenvalue weighted by atomic mass is 10.1. The van der Waals surface area contributed by atoms with Gasteiger partial charge in [0.15, 0.2) is 0 Å². The van der Waals surface area contributed by atoms with Crippen LogP contribution in [-0.4, -0.2) is 23.1 Å². The number of para-hydroxylation sites is 1. The number of benzene rings is 1. The highest BCUT2D eigenvalue weighted by molar-refractivity contribution is 6.20. The maximum Gasteiger partial charge on any atom is 0.247 e. The largest absolute Gasteiger partial charge is 0.493 e. The van der Waals surface area contributed by atoms with E-state index in [0.29, 0.717) is 12.4 Å². The summed E-state index contributed by atoms with van der Waals surface area (Å²) in [6, 6.07) is 7.26. The van der Waals surface area contributed by atoms with Crippen molar-refractivity contribution in [3.05, 3.63) is 29.8 Å². The van der Waals surface area contributed by atoms with E-state index in [4.69, 9.17) is 21.5 Å². The summed E-state index contributed by atoms with van der Waals surface area (Å²) < 4.78 is 5.61. The van der Waals surface area contributed by atoms with Crippen molar-refractivity contribution in [3.8, 4) is 5.75 Å². The zero-order valence-electron chi connectivity index (χ0n) is 10.4. The lowest BCUT2D eigenvalue weighted by molar-refractivity contribution is -0.128. The Morgan fingerprint density at radius 2 is 2.22 bits per heavy atom. The van der Waals surface area contributed by atoms with Crippen LogP contribution in [0.15, 0.2) is 24.3 Å². The van der Waals surface area contributed by atoms with Crippen LogP contribution in [0.25, 0.3) is 0 Å².